The number of hydrogen-bond donors (Lipinski definition) is 1. The van der Waals surface area contributed by atoms with E-state index in [1.54, 1.807) is 0 Å². The van der Waals surface area contributed by atoms with E-state index in [2.05, 4.69) is 60.7 Å². The second-order valence-corrected chi connectivity index (χ2v) is 7.08. The van der Waals surface area contributed by atoms with Gasteiger partial charge in [0, 0.05) is 37.5 Å². The molecule has 2 nitrogen and oxygen atoms in total. The predicted octanol–water partition coefficient (Wildman–Crippen LogP) is 2.89. The molecular weight excluding hydrogens is 264 g/mol. The van der Waals surface area contributed by atoms with Crippen LogP contribution in [0.5, 0.6) is 0 Å². The van der Waals surface area contributed by atoms with Crippen molar-refractivity contribution in [2.75, 3.05) is 31.6 Å². The molecule has 1 saturated heterocycles. The SMILES string of the molecule is CSCCN1CC(C(C)C)NCC1Cc1ccccc1. The molecule has 0 aromatic heterocycles. The second kappa shape index (κ2) is 8.06. The lowest BCUT2D eigenvalue weighted by Crippen LogP contribution is -2.59. The van der Waals surface area contributed by atoms with Crippen LogP contribution in [0.15, 0.2) is 30.3 Å². The average Bonchev–Trinajstić information content (AvgIpc) is 2.47. The van der Waals surface area contributed by atoms with E-state index in [4.69, 9.17) is 0 Å². The monoisotopic (exact) mass is 292 g/mol. The Bertz CT molecular complexity index is 380. The van der Waals surface area contributed by atoms with Gasteiger partial charge in [-0.1, -0.05) is 44.2 Å². The quantitative estimate of drug-likeness (QED) is 0.868. The number of piperazine rings is 1. The van der Waals surface area contributed by atoms with Crippen LogP contribution in [-0.4, -0.2) is 48.6 Å². The molecule has 1 heterocycles. The zero-order valence-corrected chi connectivity index (χ0v) is 13.8. The Morgan fingerprint density at radius 1 is 1.30 bits per heavy atom. The van der Waals surface area contributed by atoms with Crippen molar-refractivity contribution in [2.45, 2.75) is 32.4 Å². The van der Waals surface area contributed by atoms with E-state index in [9.17, 15) is 0 Å². The topological polar surface area (TPSA) is 15.3 Å². The van der Waals surface area contributed by atoms with Crippen molar-refractivity contribution in [1.82, 2.24) is 10.2 Å². The van der Waals surface area contributed by atoms with Crippen LogP contribution >= 0.6 is 11.8 Å². The minimum Gasteiger partial charge on any atom is -0.311 e. The van der Waals surface area contributed by atoms with Crippen LogP contribution < -0.4 is 5.32 Å². The first-order chi connectivity index (χ1) is 9.70. The molecule has 2 unspecified atom stereocenters. The van der Waals surface area contributed by atoms with Gasteiger partial charge in [-0.05, 0) is 24.2 Å². The molecule has 0 bridgehead atoms. The molecule has 1 aliphatic rings. The van der Waals surface area contributed by atoms with Crippen molar-refractivity contribution >= 4 is 11.8 Å². The number of thioether (sulfide) groups is 1. The van der Waals surface area contributed by atoms with Crippen LogP contribution in [0.2, 0.25) is 0 Å². The Morgan fingerprint density at radius 2 is 2.05 bits per heavy atom. The molecule has 0 amide bonds. The highest BCUT2D eigenvalue weighted by molar-refractivity contribution is 7.98. The van der Waals surface area contributed by atoms with E-state index in [0.717, 1.165) is 13.0 Å². The Kier molecular flexibility index (Phi) is 6.40. The van der Waals surface area contributed by atoms with Gasteiger partial charge in [0.1, 0.15) is 0 Å². The molecule has 1 N–H and O–H groups in total. The second-order valence-electron chi connectivity index (χ2n) is 6.09. The zero-order chi connectivity index (χ0) is 14.4. The highest BCUT2D eigenvalue weighted by Gasteiger charge is 2.28. The Morgan fingerprint density at radius 3 is 2.70 bits per heavy atom. The number of benzene rings is 1. The van der Waals surface area contributed by atoms with Gasteiger partial charge in [-0.2, -0.15) is 11.8 Å². The molecule has 20 heavy (non-hydrogen) atoms. The number of nitrogens with one attached hydrogen (secondary N) is 1. The smallest absolute Gasteiger partial charge is 0.0262 e. The van der Waals surface area contributed by atoms with Crippen molar-refractivity contribution < 1.29 is 0 Å². The van der Waals surface area contributed by atoms with Crippen LogP contribution in [0.1, 0.15) is 19.4 Å². The summed E-state index contributed by atoms with van der Waals surface area (Å²) in [5.74, 6) is 1.94. The van der Waals surface area contributed by atoms with E-state index >= 15 is 0 Å². The summed E-state index contributed by atoms with van der Waals surface area (Å²) in [5.41, 5.74) is 1.46. The first-order valence-electron chi connectivity index (χ1n) is 7.71. The Balaban J connectivity index is 1.98. The number of nitrogens with zero attached hydrogens (tertiary/aromatic N) is 1. The van der Waals surface area contributed by atoms with Crippen LogP contribution in [0.4, 0.5) is 0 Å². The van der Waals surface area contributed by atoms with Gasteiger partial charge in [0.15, 0.2) is 0 Å². The zero-order valence-electron chi connectivity index (χ0n) is 13.0. The number of hydrogen-bond acceptors (Lipinski definition) is 3. The molecule has 112 valence electrons. The van der Waals surface area contributed by atoms with Gasteiger partial charge in [0.25, 0.3) is 0 Å². The summed E-state index contributed by atoms with van der Waals surface area (Å²) >= 11 is 1.95. The largest absolute Gasteiger partial charge is 0.311 e. The van der Waals surface area contributed by atoms with E-state index in [1.807, 2.05) is 11.8 Å². The molecular formula is C17H28N2S. The third-order valence-corrected chi connectivity index (χ3v) is 4.86. The molecule has 0 radical (unpaired) electrons. The molecule has 2 rings (SSSR count). The first kappa shape index (κ1) is 15.9. The van der Waals surface area contributed by atoms with Crippen molar-refractivity contribution in [3.8, 4) is 0 Å². The molecule has 0 saturated carbocycles. The number of rotatable bonds is 6. The van der Waals surface area contributed by atoms with E-state index in [1.165, 1.54) is 24.4 Å². The van der Waals surface area contributed by atoms with Crippen LogP contribution in [0, 0.1) is 5.92 Å². The van der Waals surface area contributed by atoms with Gasteiger partial charge in [-0.25, -0.2) is 0 Å². The summed E-state index contributed by atoms with van der Waals surface area (Å²) in [6.45, 7) is 8.16. The highest BCUT2D eigenvalue weighted by Crippen LogP contribution is 2.17. The highest BCUT2D eigenvalue weighted by atomic mass is 32.2. The van der Waals surface area contributed by atoms with Gasteiger partial charge in [0.05, 0.1) is 0 Å². The lowest BCUT2D eigenvalue weighted by molar-refractivity contribution is 0.120. The molecule has 1 aromatic rings. The normalized spacial score (nSPS) is 24.2. The fourth-order valence-corrected chi connectivity index (χ4v) is 3.32. The molecule has 3 heteroatoms. The standard InChI is InChI=1S/C17H28N2S/c1-14(2)17-13-19(9-10-20-3)16(12-18-17)11-15-7-5-4-6-8-15/h4-8,14,16-18H,9-13H2,1-3H3. The van der Waals surface area contributed by atoms with Crippen molar-refractivity contribution in [3.63, 3.8) is 0 Å². The minimum absolute atomic E-state index is 0.638. The van der Waals surface area contributed by atoms with Gasteiger partial charge in [-0.3, -0.25) is 4.90 Å². The van der Waals surface area contributed by atoms with Gasteiger partial charge >= 0.3 is 0 Å². The first-order valence-corrected chi connectivity index (χ1v) is 9.10. The lowest BCUT2D eigenvalue weighted by Gasteiger charge is -2.42. The Hall–Kier alpha value is -0.510. The van der Waals surface area contributed by atoms with E-state index in [-0.39, 0.29) is 0 Å². The maximum Gasteiger partial charge on any atom is 0.0262 e. The summed E-state index contributed by atoms with van der Waals surface area (Å²) in [4.78, 5) is 2.70. The fourth-order valence-electron chi connectivity index (χ4n) is 2.90. The summed E-state index contributed by atoms with van der Waals surface area (Å²) in [6, 6.07) is 12.2. The fraction of sp³-hybridized carbons (Fsp3) is 0.647. The average molecular weight is 292 g/mol. The van der Waals surface area contributed by atoms with Gasteiger partial charge < -0.3 is 5.32 Å². The van der Waals surface area contributed by atoms with Gasteiger partial charge in [-0.15, -0.1) is 0 Å². The molecule has 0 aliphatic carbocycles. The predicted molar refractivity (Wildman–Crippen MR) is 90.5 cm³/mol. The summed E-state index contributed by atoms with van der Waals surface area (Å²) in [7, 11) is 0. The molecule has 0 spiro atoms. The van der Waals surface area contributed by atoms with Gasteiger partial charge in [0.2, 0.25) is 0 Å². The summed E-state index contributed by atoms with van der Waals surface area (Å²) < 4.78 is 0. The third kappa shape index (κ3) is 4.51. The molecule has 2 atom stereocenters. The van der Waals surface area contributed by atoms with Crippen molar-refractivity contribution in [1.29, 1.82) is 0 Å². The van der Waals surface area contributed by atoms with Crippen LogP contribution in [0.25, 0.3) is 0 Å². The summed E-state index contributed by atoms with van der Waals surface area (Å²) in [6.07, 6.45) is 3.36. The summed E-state index contributed by atoms with van der Waals surface area (Å²) in [5, 5.41) is 3.75. The maximum atomic E-state index is 3.75. The van der Waals surface area contributed by atoms with Crippen molar-refractivity contribution in [2.24, 2.45) is 5.92 Å². The van der Waals surface area contributed by atoms with E-state index in [0.29, 0.717) is 18.0 Å². The van der Waals surface area contributed by atoms with Crippen LogP contribution in [-0.2, 0) is 6.42 Å². The van der Waals surface area contributed by atoms with Crippen LogP contribution in [0.3, 0.4) is 0 Å². The Labute approximate surface area is 128 Å². The molecule has 1 aliphatic heterocycles. The molecule has 1 aromatic carbocycles. The molecule has 1 fully saturated rings. The van der Waals surface area contributed by atoms with E-state index < -0.39 is 0 Å². The lowest BCUT2D eigenvalue weighted by atomic mass is 9.96. The van der Waals surface area contributed by atoms with Crippen molar-refractivity contribution in [3.05, 3.63) is 35.9 Å². The minimum atomic E-state index is 0.638. The maximum absolute atomic E-state index is 3.75. The third-order valence-electron chi connectivity index (χ3n) is 4.26.